The van der Waals surface area contributed by atoms with Crippen LogP contribution < -0.4 is 0 Å². The standard InChI is InChI=1S/C16H26N4O2/c1-4-12-5-6-14(22-12)16(21)20-10-9-18(2)13(11-20)15-17-7-8-19(15)3/h7-8,12-14H,4-6,9-11H2,1-3H3/t12-,13+,14+/m1/s1. The van der Waals surface area contributed by atoms with Crippen LogP contribution in [-0.2, 0) is 16.6 Å². The molecule has 1 amide bonds. The summed E-state index contributed by atoms with van der Waals surface area (Å²) in [5.41, 5.74) is 0. The number of rotatable bonds is 3. The summed E-state index contributed by atoms with van der Waals surface area (Å²) in [7, 11) is 4.10. The van der Waals surface area contributed by atoms with Gasteiger partial charge < -0.3 is 14.2 Å². The van der Waals surface area contributed by atoms with Crippen molar-refractivity contribution in [3.63, 3.8) is 0 Å². The Labute approximate surface area is 132 Å². The molecule has 3 heterocycles. The Morgan fingerprint density at radius 1 is 1.36 bits per heavy atom. The Morgan fingerprint density at radius 3 is 2.82 bits per heavy atom. The van der Waals surface area contributed by atoms with Gasteiger partial charge in [-0.15, -0.1) is 0 Å². The Morgan fingerprint density at radius 2 is 2.18 bits per heavy atom. The minimum atomic E-state index is -0.240. The van der Waals surface area contributed by atoms with E-state index in [4.69, 9.17) is 4.74 Å². The second-order valence-electron chi connectivity index (χ2n) is 6.41. The number of aryl methyl sites for hydroxylation is 1. The van der Waals surface area contributed by atoms with Crippen molar-refractivity contribution >= 4 is 5.91 Å². The first-order valence-corrected chi connectivity index (χ1v) is 8.21. The quantitative estimate of drug-likeness (QED) is 0.842. The fourth-order valence-electron chi connectivity index (χ4n) is 3.44. The van der Waals surface area contributed by atoms with Crippen LogP contribution >= 0.6 is 0 Å². The molecule has 1 aromatic rings. The number of aromatic nitrogens is 2. The highest BCUT2D eigenvalue weighted by Crippen LogP contribution is 2.27. The maximum absolute atomic E-state index is 12.7. The van der Waals surface area contributed by atoms with E-state index in [0.717, 1.165) is 38.2 Å². The first-order chi connectivity index (χ1) is 10.6. The lowest BCUT2D eigenvalue weighted by Gasteiger charge is -2.39. The molecule has 6 nitrogen and oxygen atoms in total. The minimum Gasteiger partial charge on any atom is -0.365 e. The third-order valence-corrected chi connectivity index (χ3v) is 4.95. The Kier molecular flexibility index (Phi) is 4.49. The van der Waals surface area contributed by atoms with Crippen LogP contribution in [0, 0.1) is 0 Å². The topological polar surface area (TPSA) is 50.6 Å². The molecule has 0 radical (unpaired) electrons. The largest absolute Gasteiger partial charge is 0.365 e. The summed E-state index contributed by atoms with van der Waals surface area (Å²) in [5, 5.41) is 0. The molecule has 6 heteroatoms. The molecular formula is C16H26N4O2. The molecule has 1 aromatic heterocycles. The highest BCUT2D eigenvalue weighted by Gasteiger charge is 2.36. The van der Waals surface area contributed by atoms with Crippen LogP contribution in [0.15, 0.2) is 12.4 Å². The van der Waals surface area contributed by atoms with Gasteiger partial charge in [0.05, 0.1) is 12.1 Å². The van der Waals surface area contributed by atoms with Gasteiger partial charge in [0.15, 0.2) is 0 Å². The Balaban J connectivity index is 1.68. The van der Waals surface area contributed by atoms with Crippen LogP contribution in [0.1, 0.15) is 38.1 Å². The molecule has 2 aliphatic heterocycles. The predicted molar refractivity (Wildman–Crippen MR) is 83.3 cm³/mol. The molecule has 0 aromatic carbocycles. The second-order valence-corrected chi connectivity index (χ2v) is 6.41. The van der Waals surface area contributed by atoms with E-state index in [-0.39, 0.29) is 24.2 Å². The lowest BCUT2D eigenvalue weighted by atomic mass is 10.1. The molecule has 122 valence electrons. The lowest BCUT2D eigenvalue weighted by Crippen LogP contribution is -2.52. The van der Waals surface area contributed by atoms with E-state index in [2.05, 4.69) is 23.9 Å². The zero-order valence-electron chi connectivity index (χ0n) is 13.7. The normalized spacial score (nSPS) is 30.0. The van der Waals surface area contributed by atoms with Gasteiger partial charge in [-0.2, -0.15) is 0 Å². The number of nitrogens with zero attached hydrogens (tertiary/aromatic N) is 4. The highest BCUT2D eigenvalue weighted by atomic mass is 16.5. The van der Waals surface area contributed by atoms with Crippen molar-refractivity contribution in [2.45, 2.75) is 44.4 Å². The fourth-order valence-corrected chi connectivity index (χ4v) is 3.44. The van der Waals surface area contributed by atoms with Gasteiger partial charge in [0.25, 0.3) is 5.91 Å². The molecule has 3 rings (SSSR count). The van der Waals surface area contributed by atoms with E-state index < -0.39 is 0 Å². The molecule has 0 spiro atoms. The Bertz CT molecular complexity index is 530. The van der Waals surface area contributed by atoms with Crippen LogP contribution in [0.25, 0.3) is 0 Å². The van der Waals surface area contributed by atoms with Crippen LogP contribution in [0.3, 0.4) is 0 Å². The van der Waals surface area contributed by atoms with E-state index in [1.807, 2.05) is 28.9 Å². The highest BCUT2D eigenvalue weighted by molar-refractivity contribution is 5.81. The van der Waals surface area contributed by atoms with E-state index in [1.54, 1.807) is 0 Å². The number of carbonyl (C=O) groups is 1. The minimum absolute atomic E-state index is 0.154. The van der Waals surface area contributed by atoms with Crippen LogP contribution in [0.2, 0.25) is 0 Å². The van der Waals surface area contributed by atoms with Crippen LogP contribution in [0.5, 0.6) is 0 Å². The molecular weight excluding hydrogens is 280 g/mol. The number of hydrogen-bond acceptors (Lipinski definition) is 4. The van der Waals surface area contributed by atoms with Gasteiger partial charge >= 0.3 is 0 Å². The molecule has 2 aliphatic rings. The maximum Gasteiger partial charge on any atom is 0.251 e. The number of amides is 1. The molecule has 3 atom stereocenters. The van der Waals surface area contributed by atoms with Gasteiger partial charge in [0.2, 0.25) is 0 Å². The van der Waals surface area contributed by atoms with E-state index >= 15 is 0 Å². The number of piperazine rings is 1. The summed E-state index contributed by atoms with van der Waals surface area (Å²) >= 11 is 0. The number of imidazole rings is 1. The van der Waals surface area contributed by atoms with Crippen molar-refractivity contribution in [1.29, 1.82) is 0 Å². The summed E-state index contributed by atoms with van der Waals surface area (Å²) in [6, 6.07) is 0.154. The van der Waals surface area contributed by atoms with E-state index in [9.17, 15) is 4.79 Å². The summed E-state index contributed by atoms with van der Waals surface area (Å²) in [6.45, 7) is 4.45. The van der Waals surface area contributed by atoms with Gasteiger partial charge in [-0.1, -0.05) is 6.92 Å². The van der Waals surface area contributed by atoms with Gasteiger partial charge in [-0.3, -0.25) is 9.69 Å². The molecule has 22 heavy (non-hydrogen) atoms. The maximum atomic E-state index is 12.7. The molecule has 0 N–H and O–H groups in total. The van der Waals surface area contributed by atoms with Gasteiger partial charge in [0, 0.05) is 39.1 Å². The number of hydrogen-bond donors (Lipinski definition) is 0. The molecule has 0 bridgehead atoms. The van der Waals surface area contributed by atoms with Gasteiger partial charge in [-0.25, -0.2) is 4.98 Å². The average Bonchev–Trinajstić information content (AvgIpc) is 3.16. The third kappa shape index (κ3) is 2.90. The van der Waals surface area contributed by atoms with Crippen molar-refractivity contribution in [3.05, 3.63) is 18.2 Å². The fraction of sp³-hybridized carbons (Fsp3) is 0.750. The Hall–Kier alpha value is -1.40. The molecule has 0 unspecified atom stereocenters. The SMILES string of the molecule is CC[C@@H]1CC[C@@H](C(=O)N2CCN(C)[C@H](c3nccn3C)C2)O1. The molecule has 2 fully saturated rings. The van der Waals surface area contributed by atoms with Crippen LogP contribution in [0.4, 0.5) is 0 Å². The first-order valence-electron chi connectivity index (χ1n) is 8.21. The smallest absolute Gasteiger partial charge is 0.251 e. The summed E-state index contributed by atoms with van der Waals surface area (Å²) in [6.07, 6.45) is 6.64. The monoisotopic (exact) mass is 306 g/mol. The predicted octanol–water partition coefficient (Wildman–Crippen LogP) is 1.19. The van der Waals surface area contributed by atoms with E-state index in [1.165, 1.54) is 0 Å². The zero-order valence-corrected chi connectivity index (χ0v) is 13.7. The molecule has 0 saturated carbocycles. The van der Waals surface area contributed by atoms with Crippen molar-refractivity contribution in [2.75, 3.05) is 26.7 Å². The second kappa shape index (κ2) is 6.38. The van der Waals surface area contributed by atoms with E-state index in [0.29, 0.717) is 6.54 Å². The molecule has 2 saturated heterocycles. The first kappa shape index (κ1) is 15.5. The van der Waals surface area contributed by atoms with Crippen molar-refractivity contribution < 1.29 is 9.53 Å². The number of likely N-dealkylation sites (N-methyl/N-ethyl adjacent to an activating group) is 1. The van der Waals surface area contributed by atoms with Crippen molar-refractivity contribution in [2.24, 2.45) is 7.05 Å². The van der Waals surface area contributed by atoms with Gasteiger partial charge in [0.1, 0.15) is 11.9 Å². The summed E-state index contributed by atoms with van der Waals surface area (Å²) in [5.74, 6) is 1.17. The molecule has 0 aliphatic carbocycles. The summed E-state index contributed by atoms with van der Waals surface area (Å²) in [4.78, 5) is 21.4. The van der Waals surface area contributed by atoms with Gasteiger partial charge in [-0.05, 0) is 26.3 Å². The third-order valence-electron chi connectivity index (χ3n) is 4.95. The number of ether oxygens (including phenoxy) is 1. The average molecular weight is 306 g/mol. The lowest BCUT2D eigenvalue weighted by molar-refractivity contribution is -0.146. The van der Waals surface area contributed by atoms with Crippen molar-refractivity contribution in [3.8, 4) is 0 Å². The van der Waals surface area contributed by atoms with Crippen LogP contribution in [-0.4, -0.2) is 64.1 Å². The number of carbonyl (C=O) groups excluding carboxylic acids is 1. The summed E-state index contributed by atoms with van der Waals surface area (Å²) < 4.78 is 7.91. The van der Waals surface area contributed by atoms with Crippen molar-refractivity contribution in [1.82, 2.24) is 19.4 Å². The zero-order chi connectivity index (χ0) is 15.7.